The van der Waals surface area contributed by atoms with Crippen molar-refractivity contribution < 1.29 is 14.8 Å². The number of carboxylic acids is 1. The van der Waals surface area contributed by atoms with E-state index in [0.717, 1.165) is 25.7 Å². The molecule has 2 aliphatic rings. The summed E-state index contributed by atoms with van der Waals surface area (Å²) in [5, 5.41) is 20.7. The van der Waals surface area contributed by atoms with E-state index in [2.05, 4.69) is 4.98 Å². The first-order chi connectivity index (χ1) is 10.1. The summed E-state index contributed by atoms with van der Waals surface area (Å²) < 4.78 is 0. The van der Waals surface area contributed by atoms with Gasteiger partial charge in [0, 0.05) is 12.2 Å². The van der Waals surface area contributed by atoms with E-state index >= 15 is 0 Å². The molecule has 1 aromatic heterocycles. The number of anilines is 1. The van der Waals surface area contributed by atoms with Crippen LogP contribution in [0.5, 0.6) is 0 Å². The van der Waals surface area contributed by atoms with Crippen LogP contribution in [0, 0.1) is 16.0 Å². The number of nitro groups is 1. The SMILES string of the molecule is O=C(O)C1CC2CCCCC2N1c1ccncc1[N+](=O)[O-]. The number of hydrogen-bond acceptors (Lipinski definition) is 5. The van der Waals surface area contributed by atoms with Gasteiger partial charge in [0.25, 0.3) is 0 Å². The van der Waals surface area contributed by atoms with Gasteiger partial charge in [-0.2, -0.15) is 0 Å². The maximum Gasteiger partial charge on any atom is 0.326 e. The molecule has 0 amide bonds. The predicted octanol–water partition coefficient (Wildman–Crippen LogP) is 2.21. The minimum Gasteiger partial charge on any atom is -0.480 e. The maximum atomic E-state index is 11.6. The summed E-state index contributed by atoms with van der Waals surface area (Å²) in [7, 11) is 0. The average molecular weight is 291 g/mol. The van der Waals surface area contributed by atoms with Crippen LogP contribution in [0.25, 0.3) is 0 Å². The highest BCUT2D eigenvalue weighted by atomic mass is 16.6. The number of rotatable bonds is 3. The van der Waals surface area contributed by atoms with Gasteiger partial charge in [-0.15, -0.1) is 0 Å². The second-order valence-electron chi connectivity index (χ2n) is 5.73. The van der Waals surface area contributed by atoms with E-state index in [9.17, 15) is 20.0 Å². The molecular weight excluding hydrogens is 274 g/mol. The zero-order chi connectivity index (χ0) is 15.0. The van der Waals surface area contributed by atoms with Crippen molar-refractivity contribution in [2.75, 3.05) is 4.90 Å². The molecule has 7 heteroatoms. The summed E-state index contributed by atoms with van der Waals surface area (Å²) in [6.07, 6.45) is 7.31. The Morgan fingerprint density at radius 3 is 2.90 bits per heavy atom. The maximum absolute atomic E-state index is 11.6. The highest BCUT2D eigenvalue weighted by Gasteiger charge is 2.47. The van der Waals surface area contributed by atoms with Crippen molar-refractivity contribution in [1.29, 1.82) is 0 Å². The fourth-order valence-electron chi connectivity index (χ4n) is 3.76. The molecular formula is C14H17N3O4. The highest BCUT2D eigenvalue weighted by Crippen LogP contribution is 2.44. The lowest BCUT2D eigenvalue weighted by molar-refractivity contribution is -0.384. The second kappa shape index (κ2) is 5.31. The van der Waals surface area contributed by atoms with Gasteiger partial charge in [-0.1, -0.05) is 12.8 Å². The minimum atomic E-state index is -0.907. The summed E-state index contributed by atoms with van der Waals surface area (Å²) in [6, 6.07) is 0.963. The number of aliphatic carboxylic acids is 1. The van der Waals surface area contributed by atoms with Crippen molar-refractivity contribution in [3.8, 4) is 0 Å². The van der Waals surface area contributed by atoms with E-state index in [1.165, 1.54) is 12.4 Å². The van der Waals surface area contributed by atoms with Crippen LogP contribution >= 0.6 is 0 Å². The van der Waals surface area contributed by atoms with Gasteiger partial charge < -0.3 is 10.0 Å². The summed E-state index contributed by atoms with van der Waals surface area (Å²) in [4.78, 5) is 27.9. The molecule has 2 heterocycles. The van der Waals surface area contributed by atoms with Gasteiger partial charge in [0.2, 0.25) is 0 Å². The van der Waals surface area contributed by atoms with Crippen LogP contribution < -0.4 is 4.90 Å². The summed E-state index contributed by atoms with van der Waals surface area (Å²) in [5.41, 5.74) is 0.270. The zero-order valence-corrected chi connectivity index (χ0v) is 11.5. The number of carboxylic acid groups (broad SMARTS) is 1. The molecule has 0 bridgehead atoms. The van der Waals surface area contributed by atoms with Gasteiger partial charge in [0.05, 0.1) is 4.92 Å². The Bertz CT molecular complexity index is 577. The molecule has 0 aromatic carbocycles. The first kappa shape index (κ1) is 13.8. The van der Waals surface area contributed by atoms with Crippen LogP contribution in [-0.2, 0) is 4.79 Å². The third kappa shape index (κ3) is 2.32. The van der Waals surface area contributed by atoms with E-state index in [1.807, 2.05) is 0 Å². The lowest BCUT2D eigenvalue weighted by Gasteiger charge is -2.34. The summed E-state index contributed by atoms with van der Waals surface area (Å²) in [6.45, 7) is 0. The third-order valence-corrected chi connectivity index (χ3v) is 4.63. The Morgan fingerprint density at radius 2 is 2.19 bits per heavy atom. The van der Waals surface area contributed by atoms with Gasteiger partial charge in [-0.05, 0) is 31.2 Å². The van der Waals surface area contributed by atoms with Gasteiger partial charge in [0.15, 0.2) is 0 Å². The van der Waals surface area contributed by atoms with E-state index in [4.69, 9.17) is 0 Å². The smallest absolute Gasteiger partial charge is 0.326 e. The third-order valence-electron chi connectivity index (χ3n) is 4.63. The molecule has 0 radical (unpaired) electrons. The van der Waals surface area contributed by atoms with Crippen molar-refractivity contribution in [3.63, 3.8) is 0 Å². The number of pyridine rings is 1. The lowest BCUT2D eigenvalue weighted by atomic mass is 9.84. The fraction of sp³-hybridized carbons (Fsp3) is 0.571. The standard InChI is InChI=1S/C14H17N3O4/c18-14(19)12-7-9-3-1-2-4-10(9)16(12)11-5-6-15-8-13(11)17(20)21/h5-6,8-10,12H,1-4,7H2,(H,18,19). The molecule has 2 fully saturated rings. The molecule has 7 nitrogen and oxygen atoms in total. The molecule has 1 aliphatic heterocycles. The number of hydrogen-bond donors (Lipinski definition) is 1. The van der Waals surface area contributed by atoms with Crippen molar-refractivity contribution in [2.45, 2.75) is 44.2 Å². The molecule has 1 saturated heterocycles. The van der Waals surface area contributed by atoms with E-state index in [0.29, 0.717) is 18.0 Å². The quantitative estimate of drug-likeness (QED) is 0.677. The van der Waals surface area contributed by atoms with Crippen LogP contribution in [-0.4, -0.2) is 33.1 Å². The molecule has 0 spiro atoms. The van der Waals surface area contributed by atoms with Crippen molar-refractivity contribution in [3.05, 3.63) is 28.6 Å². The van der Waals surface area contributed by atoms with E-state index < -0.39 is 16.9 Å². The number of carbonyl (C=O) groups is 1. The largest absolute Gasteiger partial charge is 0.480 e. The normalized spacial score (nSPS) is 28.2. The first-order valence-corrected chi connectivity index (χ1v) is 7.19. The second-order valence-corrected chi connectivity index (χ2v) is 5.73. The summed E-state index contributed by atoms with van der Waals surface area (Å²) >= 11 is 0. The van der Waals surface area contributed by atoms with Crippen LogP contribution in [0.1, 0.15) is 32.1 Å². The zero-order valence-electron chi connectivity index (χ0n) is 11.5. The van der Waals surface area contributed by atoms with Gasteiger partial charge >= 0.3 is 11.7 Å². The molecule has 3 rings (SSSR count). The van der Waals surface area contributed by atoms with E-state index in [1.54, 1.807) is 11.0 Å². The molecule has 1 aromatic rings. The average Bonchev–Trinajstić information content (AvgIpc) is 2.86. The Kier molecular flexibility index (Phi) is 3.48. The summed E-state index contributed by atoms with van der Waals surface area (Å²) in [5.74, 6) is -0.594. The predicted molar refractivity (Wildman–Crippen MR) is 75.2 cm³/mol. The van der Waals surface area contributed by atoms with Crippen LogP contribution in [0.2, 0.25) is 0 Å². The first-order valence-electron chi connectivity index (χ1n) is 7.19. The minimum absolute atomic E-state index is 0.0842. The van der Waals surface area contributed by atoms with Crippen LogP contribution in [0.15, 0.2) is 18.5 Å². The van der Waals surface area contributed by atoms with E-state index in [-0.39, 0.29) is 11.7 Å². The monoisotopic (exact) mass is 291 g/mol. The number of aromatic nitrogens is 1. The molecule has 1 aliphatic carbocycles. The van der Waals surface area contributed by atoms with Crippen molar-refractivity contribution in [1.82, 2.24) is 4.98 Å². The van der Waals surface area contributed by atoms with Crippen LogP contribution in [0.3, 0.4) is 0 Å². The molecule has 21 heavy (non-hydrogen) atoms. The van der Waals surface area contributed by atoms with Gasteiger partial charge in [0.1, 0.15) is 17.9 Å². The number of fused-ring (bicyclic) bond motifs is 1. The Labute approximate surface area is 121 Å². The Balaban J connectivity index is 2.04. The van der Waals surface area contributed by atoms with Gasteiger partial charge in [-0.25, -0.2) is 4.79 Å². The van der Waals surface area contributed by atoms with Crippen molar-refractivity contribution in [2.24, 2.45) is 5.92 Å². The molecule has 3 unspecified atom stereocenters. The fourth-order valence-corrected chi connectivity index (χ4v) is 3.76. The molecule has 1 N–H and O–H groups in total. The topological polar surface area (TPSA) is 96.6 Å². The van der Waals surface area contributed by atoms with Crippen LogP contribution in [0.4, 0.5) is 11.4 Å². The van der Waals surface area contributed by atoms with Crippen molar-refractivity contribution >= 4 is 17.3 Å². The molecule has 112 valence electrons. The Hall–Kier alpha value is -2.18. The number of nitrogens with zero attached hydrogens (tertiary/aromatic N) is 3. The Morgan fingerprint density at radius 1 is 1.43 bits per heavy atom. The van der Waals surface area contributed by atoms with Gasteiger partial charge in [-0.3, -0.25) is 15.1 Å². The lowest BCUT2D eigenvalue weighted by Crippen LogP contribution is -2.42. The highest BCUT2D eigenvalue weighted by molar-refractivity contribution is 5.81. The molecule has 1 saturated carbocycles. The molecule has 3 atom stereocenters.